The van der Waals surface area contributed by atoms with Crippen LogP contribution in [0.25, 0.3) is 0 Å². The molecular weight excluding hydrogens is 551 g/mol. The predicted octanol–water partition coefficient (Wildman–Crippen LogP) is 6.12. The molecule has 3 aromatic carbocycles. The van der Waals surface area contributed by atoms with Crippen LogP contribution in [0.1, 0.15) is 21.9 Å². The van der Waals surface area contributed by atoms with Crippen LogP contribution in [0.2, 0.25) is 10.0 Å². The summed E-state index contributed by atoms with van der Waals surface area (Å²) >= 11 is 14.5. The van der Waals surface area contributed by atoms with E-state index in [2.05, 4.69) is 4.98 Å². The first-order chi connectivity index (χ1) is 17.9. The summed E-state index contributed by atoms with van der Waals surface area (Å²) in [6.45, 7) is 0.271. The van der Waals surface area contributed by atoms with Gasteiger partial charge >= 0.3 is 4.87 Å². The number of thioether (sulfide) groups is 1. The van der Waals surface area contributed by atoms with Gasteiger partial charge in [0.25, 0.3) is 0 Å². The number of anilines is 1. The smallest absolute Gasteiger partial charge is 0.305 e. The lowest BCUT2D eigenvalue weighted by Gasteiger charge is -2.30. The molecule has 2 aliphatic rings. The molecule has 1 fully saturated rings. The maximum atomic E-state index is 13.9. The zero-order valence-corrected chi connectivity index (χ0v) is 22.2. The van der Waals surface area contributed by atoms with Crippen LogP contribution in [0.3, 0.4) is 0 Å². The maximum absolute atomic E-state index is 13.9. The Balaban J connectivity index is 1.42. The molecule has 0 aliphatic carbocycles. The largest absolute Gasteiger partial charge is 0.489 e. The van der Waals surface area contributed by atoms with Gasteiger partial charge in [-0.15, -0.1) is 0 Å². The Bertz CT molecular complexity index is 1580. The zero-order valence-electron chi connectivity index (χ0n) is 19.0. The number of nitrogens with zero attached hydrogens (tertiary/aromatic N) is 1. The molecule has 2 amide bonds. The number of halogens is 2. The molecule has 0 radical (unpaired) electrons. The number of rotatable bonds is 5. The van der Waals surface area contributed by atoms with Gasteiger partial charge in [0.05, 0.1) is 16.6 Å². The fraction of sp³-hybridized carbons (Fsp3) is 0.148. The van der Waals surface area contributed by atoms with Crippen molar-refractivity contribution in [2.75, 3.05) is 4.90 Å². The minimum absolute atomic E-state index is 0.228. The Morgan fingerprint density at radius 2 is 1.68 bits per heavy atom. The van der Waals surface area contributed by atoms with Crippen molar-refractivity contribution in [1.82, 2.24) is 4.98 Å². The van der Waals surface area contributed by atoms with Gasteiger partial charge < -0.3 is 9.72 Å². The summed E-state index contributed by atoms with van der Waals surface area (Å²) in [6, 6.07) is 21.5. The van der Waals surface area contributed by atoms with Crippen LogP contribution in [0.15, 0.2) is 82.6 Å². The number of fused-ring (bicyclic) bond motifs is 2. The first-order valence-electron chi connectivity index (χ1n) is 11.4. The number of H-pyrrole nitrogens is 1. The number of carbonyl (C=O) groups excluding carboxylic acids is 2. The number of ether oxygens (including phenoxy) is 1. The standard InChI is InChI=1S/C27H18Cl2N2O4S2/c28-15-8-10-17(11-9-15)31-25(32)21-20(22-24(30-27(34)37-22)36-23(21)26(31)33)18-6-1-2-7-19(18)35-13-14-4-3-5-16(29)12-14/h1-12,20-21,23H,13H2,(H,30,34)/t20-,21-,23+/m0/s1. The highest BCUT2D eigenvalue weighted by Gasteiger charge is 2.56. The quantitative estimate of drug-likeness (QED) is 0.293. The summed E-state index contributed by atoms with van der Waals surface area (Å²) in [5.41, 5.74) is 2.11. The van der Waals surface area contributed by atoms with Crippen molar-refractivity contribution in [2.24, 2.45) is 5.92 Å². The average molecular weight is 569 g/mol. The van der Waals surface area contributed by atoms with Crippen LogP contribution in [-0.4, -0.2) is 22.0 Å². The molecule has 3 atom stereocenters. The number of hydrogen-bond acceptors (Lipinski definition) is 6. The van der Waals surface area contributed by atoms with E-state index in [-0.39, 0.29) is 23.3 Å². The van der Waals surface area contributed by atoms with Crippen molar-refractivity contribution in [3.05, 3.63) is 109 Å². The third kappa shape index (κ3) is 4.38. The average Bonchev–Trinajstić information content (AvgIpc) is 3.38. The van der Waals surface area contributed by atoms with Crippen LogP contribution in [0, 0.1) is 5.92 Å². The molecule has 0 spiro atoms. The van der Waals surface area contributed by atoms with E-state index in [1.54, 1.807) is 30.3 Å². The van der Waals surface area contributed by atoms with Gasteiger partial charge in [0.15, 0.2) is 0 Å². The number of benzene rings is 3. The molecule has 37 heavy (non-hydrogen) atoms. The molecule has 4 aromatic rings. The molecule has 0 unspecified atom stereocenters. The highest BCUT2D eigenvalue weighted by molar-refractivity contribution is 8.00. The van der Waals surface area contributed by atoms with Gasteiger partial charge in [-0.2, -0.15) is 0 Å². The van der Waals surface area contributed by atoms with Crippen molar-refractivity contribution in [2.45, 2.75) is 22.8 Å². The highest BCUT2D eigenvalue weighted by atomic mass is 35.5. The Labute approximate surface area is 230 Å². The Morgan fingerprint density at radius 3 is 2.46 bits per heavy atom. The van der Waals surface area contributed by atoms with Crippen LogP contribution < -0.4 is 14.5 Å². The number of thiazole rings is 1. The third-order valence-electron chi connectivity index (χ3n) is 6.45. The van der Waals surface area contributed by atoms with Crippen LogP contribution >= 0.6 is 46.3 Å². The fourth-order valence-electron chi connectivity index (χ4n) is 4.85. The van der Waals surface area contributed by atoms with E-state index < -0.39 is 17.1 Å². The topological polar surface area (TPSA) is 79.5 Å². The minimum Gasteiger partial charge on any atom is -0.489 e. The first kappa shape index (κ1) is 24.3. The van der Waals surface area contributed by atoms with Crippen LogP contribution in [-0.2, 0) is 16.2 Å². The molecule has 0 bridgehead atoms. The molecule has 2 aliphatic heterocycles. The van der Waals surface area contributed by atoms with Gasteiger partial charge in [0.1, 0.15) is 17.6 Å². The number of aromatic amines is 1. The Morgan fingerprint density at radius 1 is 0.892 bits per heavy atom. The third-order valence-corrected chi connectivity index (χ3v) is 9.33. The van der Waals surface area contributed by atoms with E-state index in [1.807, 2.05) is 42.5 Å². The van der Waals surface area contributed by atoms with E-state index in [4.69, 9.17) is 27.9 Å². The van der Waals surface area contributed by atoms with Crippen molar-refractivity contribution in [3.8, 4) is 5.75 Å². The molecule has 6 rings (SSSR count). The first-order valence-corrected chi connectivity index (χ1v) is 13.8. The van der Waals surface area contributed by atoms with Crippen molar-refractivity contribution < 1.29 is 14.3 Å². The molecule has 6 nitrogen and oxygen atoms in total. The minimum atomic E-state index is -0.706. The summed E-state index contributed by atoms with van der Waals surface area (Å²) in [6.07, 6.45) is 0. The highest BCUT2D eigenvalue weighted by Crippen LogP contribution is 2.54. The van der Waals surface area contributed by atoms with Gasteiger partial charge in [0, 0.05) is 26.4 Å². The van der Waals surface area contributed by atoms with E-state index in [0.717, 1.165) is 27.3 Å². The summed E-state index contributed by atoms with van der Waals surface area (Å²) < 4.78 is 6.21. The van der Waals surface area contributed by atoms with Gasteiger partial charge in [-0.1, -0.05) is 76.6 Å². The monoisotopic (exact) mass is 568 g/mol. The molecule has 1 aromatic heterocycles. The summed E-state index contributed by atoms with van der Waals surface area (Å²) in [7, 11) is 0. The lowest BCUT2D eigenvalue weighted by molar-refractivity contribution is -0.122. The van der Waals surface area contributed by atoms with E-state index >= 15 is 0 Å². The number of hydrogen-bond donors (Lipinski definition) is 1. The molecule has 3 heterocycles. The zero-order chi connectivity index (χ0) is 25.7. The Kier molecular flexibility index (Phi) is 6.36. The summed E-state index contributed by atoms with van der Waals surface area (Å²) in [5.74, 6) is -1.29. The second kappa shape index (κ2) is 9.68. The van der Waals surface area contributed by atoms with E-state index in [0.29, 0.717) is 26.5 Å². The molecule has 1 saturated heterocycles. The molecular formula is C27H18Cl2N2O4S2. The lowest BCUT2D eigenvalue weighted by atomic mass is 9.82. The number of para-hydroxylation sites is 1. The number of amides is 2. The summed E-state index contributed by atoms with van der Waals surface area (Å²) in [4.78, 5) is 44.4. The SMILES string of the molecule is O=C1[C@H]2[C@H](c3ccccc3OCc3cccc(Cl)c3)c3sc(=O)[nH]c3S[C@H]2C(=O)N1c1ccc(Cl)cc1. The normalized spacial score (nSPS) is 20.6. The number of aromatic nitrogens is 1. The number of nitrogens with one attached hydrogen (secondary N) is 1. The molecule has 1 N–H and O–H groups in total. The van der Waals surface area contributed by atoms with E-state index in [1.165, 1.54) is 16.7 Å². The van der Waals surface area contributed by atoms with Crippen LogP contribution in [0.4, 0.5) is 5.69 Å². The van der Waals surface area contributed by atoms with Gasteiger partial charge in [0.2, 0.25) is 11.8 Å². The van der Waals surface area contributed by atoms with Crippen molar-refractivity contribution in [3.63, 3.8) is 0 Å². The maximum Gasteiger partial charge on any atom is 0.305 e. The van der Waals surface area contributed by atoms with Gasteiger partial charge in [-0.3, -0.25) is 14.4 Å². The molecule has 186 valence electrons. The van der Waals surface area contributed by atoms with Gasteiger partial charge in [-0.05, 0) is 48.0 Å². The van der Waals surface area contributed by atoms with Crippen molar-refractivity contribution >= 4 is 63.8 Å². The van der Waals surface area contributed by atoms with E-state index in [9.17, 15) is 14.4 Å². The molecule has 10 heteroatoms. The fourth-order valence-corrected chi connectivity index (χ4v) is 7.70. The number of imide groups is 1. The summed E-state index contributed by atoms with van der Waals surface area (Å²) in [5, 5.41) is 1.05. The predicted molar refractivity (Wildman–Crippen MR) is 146 cm³/mol. The second-order valence-electron chi connectivity index (χ2n) is 8.69. The van der Waals surface area contributed by atoms with Gasteiger partial charge in [-0.25, -0.2) is 4.90 Å². The Hall–Kier alpha value is -3.04. The van der Waals surface area contributed by atoms with Crippen LogP contribution in [0.5, 0.6) is 5.75 Å². The molecule has 0 saturated carbocycles. The lowest BCUT2D eigenvalue weighted by Crippen LogP contribution is -2.32. The van der Waals surface area contributed by atoms with Crippen molar-refractivity contribution in [1.29, 1.82) is 0 Å². The number of carbonyl (C=O) groups is 2. The second-order valence-corrected chi connectivity index (χ2v) is 11.7.